The Morgan fingerprint density at radius 2 is 2.40 bits per heavy atom. The van der Waals surface area contributed by atoms with Gasteiger partial charge in [0, 0.05) is 0 Å². The Hall–Kier alpha value is 0.230. The summed E-state index contributed by atoms with van der Waals surface area (Å²) in [7, 11) is 0. The molecule has 0 bridgehead atoms. The maximum absolute atomic E-state index is 10.4. The van der Waals surface area contributed by atoms with Gasteiger partial charge >= 0.3 is 0 Å². The molecule has 3 nitrogen and oxygen atoms in total. The van der Waals surface area contributed by atoms with E-state index in [9.17, 15) is 4.79 Å². The van der Waals surface area contributed by atoms with Crippen molar-refractivity contribution in [1.82, 2.24) is 9.36 Å². The minimum atomic E-state index is -0.298. The van der Waals surface area contributed by atoms with E-state index in [1.807, 2.05) is 13.8 Å². The van der Waals surface area contributed by atoms with Crippen molar-refractivity contribution >= 4 is 30.0 Å². The molecule has 0 aliphatic carbocycles. The molecular formula is C5H9ClN2OS. The number of rotatable bonds is 1. The van der Waals surface area contributed by atoms with Gasteiger partial charge in [-0.2, -0.15) is 4.83 Å². The van der Waals surface area contributed by atoms with E-state index in [1.54, 1.807) is 0 Å². The first-order valence-electron chi connectivity index (χ1n) is 2.91. The van der Waals surface area contributed by atoms with Crippen molar-refractivity contribution in [3.8, 4) is 0 Å². The molecule has 1 aliphatic heterocycles. The van der Waals surface area contributed by atoms with Crippen molar-refractivity contribution < 1.29 is 4.79 Å². The SMILES string of the molecule is CC1(C)C(C=O)SNN1Cl. The molecule has 0 spiro atoms. The molecule has 0 aromatic rings. The van der Waals surface area contributed by atoms with Gasteiger partial charge in [-0.25, -0.2) is 0 Å². The third kappa shape index (κ3) is 1.16. The highest BCUT2D eigenvalue weighted by Crippen LogP contribution is 2.33. The van der Waals surface area contributed by atoms with Crippen LogP contribution in [0.25, 0.3) is 0 Å². The van der Waals surface area contributed by atoms with Crippen molar-refractivity contribution in [2.45, 2.75) is 24.6 Å². The molecule has 0 radical (unpaired) electrons. The molecule has 0 aromatic heterocycles. The Morgan fingerprint density at radius 1 is 1.80 bits per heavy atom. The first kappa shape index (κ1) is 8.33. The Bertz CT molecular complexity index is 153. The molecule has 0 amide bonds. The van der Waals surface area contributed by atoms with Gasteiger partial charge in [0.1, 0.15) is 6.29 Å². The van der Waals surface area contributed by atoms with Crippen LogP contribution in [0, 0.1) is 0 Å². The summed E-state index contributed by atoms with van der Waals surface area (Å²) in [6, 6.07) is 0. The lowest BCUT2D eigenvalue weighted by Crippen LogP contribution is -2.42. The summed E-state index contributed by atoms with van der Waals surface area (Å²) in [5, 5.41) is -0.0926. The number of nitrogens with one attached hydrogen (secondary N) is 1. The third-order valence-electron chi connectivity index (χ3n) is 1.59. The van der Waals surface area contributed by atoms with Gasteiger partial charge in [-0.3, -0.25) is 0 Å². The number of nitrogens with zero attached hydrogens (tertiary/aromatic N) is 1. The second-order valence-electron chi connectivity index (χ2n) is 2.70. The van der Waals surface area contributed by atoms with Gasteiger partial charge in [-0.1, -0.05) is 11.9 Å². The molecular weight excluding hydrogens is 172 g/mol. The summed E-state index contributed by atoms with van der Waals surface area (Å²) >= 11 is 7.05. The van der Waals surface area contributed by atoms with Gasteiger partial charge in [0.2, 0.25) is 0 Å². The molecule has 58 valence electrons. The molecule has 5 heteroatoms. The average Bonchev–Trinajstić information content (AvgIpc) is 2.10. The standard InChI is InChI=1S/C5H9ClN2OS/c1-5(2)4(3-9)10-7-8(5)6/h3-4,7H,1-2H3. The predicted molar refractivity (Wildman–Crippen MR) is 42.3 cm³/mol. The molecule has 0 aromatic carbocycles. The number of carbonyl (C=O) groups is 1. The molecule has 1 fully saturated rings. The van der Waals surface area contributed by atoms with E-state index >= 15 is 0 Å². The Morgan fingerprint density at radius 3 is 2.60 bits per heavy atom. The highest BCUT2D eigenvalue weighted by molar-refractivity contribution is 7.98. The third-order valence-corrected chi connectivity index (χ3v) is 3.44. The summed E-state index contributed by atoms with van der Waals surface area (Å²) in [5.41, 5.74) is -0.298. The monoisotopic (exact) mass is 180 g/mol. The Labute approximate surface area is 69.3 Å². The van der Waals surface area contributed by atoms with Gasteiger partial charge in [0.05, 0.1) is 10.8 Å². The zero-order valence-corrected chi connectivity index (χ0v) is 7.37. The molecule has 1 aliphatic rings. The van der Waals surface area contributed by atoms with Gasteiger partial charge in [0.25, 0.3) is 0 Å². The summed E-state index contributed by atoms with van der Waals surface area (Å²) in [6.07, 6.45) is 0.903. The average molecular weight is 181 g/mol. The van der Waals surface area contributed by atoms with E-state index in [-0.39, 0.29) is 10.8 Å². The first-order valence-corrected chi connectivity index (χ1v) is 4.13. The maximum Gasteiger partial charge on any atom is 0.136 e. The molecule has 1 heterocycles. The number of carbonyl (C=O) groups excluding carboxylic acids is 1. The minimum Gasteiger partial charge on any atom is -0.302 e. The van der Waals surface area contributed by atoms with Crippen molar-refractivity contribution in [3.05, 3.63) is 0 Å². The largest absolute Gasteiger partial charge is 0.302 e. The van der Waals surface area contributed by atoms with Crippen LogP contribution in [0.2, 0.25) is 0 Å². The number of halogens is 1. The number of hydrogen-bond acceptors (Lipinski definition) is 4. The fourth-order valence-electron chi connectivity index (χ4n) is 0.671. The quantitative estimate of drug-likeness (QED) is 0.370. The topological polar surface area (TPSA) is 32.3 Å². The molecule has 10 heavy (non-hydrogen) atoms. The Kier molecular flexibility index (Phi) is 2.24. The Balaban J connectivity index is 2.73. The van der Waals surface area contributed by atoms with Crippen LogP contribution in [0.3, 0.4) is 0 Å². The van der Waals surface area contributed by atoms with E-state index in [4.69, 9.17) is 11.8 Å². The molecule has 1 atom stereocenters. The normalized spacial score (nSPS) is 32.5. The van der Waals surface area contributed by atoms with Gasteiger partial charge in [-0.05, 0) is 25.6 Å². The second-order valence-corrected chi connectivity index (χ2v) is 3.96. The van der Waals surface area contributed by atoms with Crippen LogP contribution in [0.1, 0.15) is 13.8 Å². The summed E-state index contributed by atoms with van der Waals surface area (Å²) in [4.78, 5) is 13.2. The molecule has 1 unspecified atom stereocenters. The van der Waals surface area contributed by atoms with Crippen molar-refractivity contribution in [2.75, 3.05) is 0 Å². The summed E-state index contributed by atoms with van der Waals surface area (Å²) in [5.74, 6) is 0. The van der Waals surface area contributed by atoms with Crippen molar-refractivity contribution in [2.24, 2.45) is 0 Å². The van der Waals surface area contributed by atoms with Crippen molar-refractivity contribution in [3.63, 3.8) is 0 Å². The zero-order chi connectivity index (χ0) is 7.78. The fourth-order valence-corrected chi connectivity index (χ4v) is 1.84. The minimum absolute atomic E-state index is 0.0926. The van der Waals surface area contributed by atoms with E-state index in [2.05, 4.69) is 4.83 Å². The maximum atomic E-state index is 10.4. The highest BCUT2D eigenvalue weighted by Gasteiger charge is 2.41. The van der Waals surface area contributed by atoms with Crippen LogP contribution in [0.15, 0.2) is 0 Å². The van der Waals surface area contributed by atoms with Gasteiger partial charge in [-0.15, -0.1) is 4.53 Å². The number of hydrazine groups is 1. The lowest BCUT2D eigenvalue weighted by Gasteiger charge is -2.24. The van der Waals surface area contributed by atoms with E-state index < -0.39 is 0 Å². The molecule has 1 rings (SSSR count). The van der Waals surface area contributed by atoms with Gasteiger partial charge in [0.15, 0.2) is 0 Å². The molecule has 0 saturated carbocycles. The van der Waals surface area contributed by atoms with E-state index in [1.165, 1.54) is 16.5 Å². The lowest BCUT2D eigenvalue weighted by atomic mass is 10.0. The second kappa shape index (κ2) is 2.70. The fraction of sp³-hybridized carbons (Fsp3) is 0.800. The molecule has 1 N–H and O–H groups in total. The van der Waals surface area contributed by atoms with Crippen LogP contribution >= 0.6 is 23.7 Å². The van der Waals surface area contributed by atoms with Crippen LogP contribution in [0.4, 0.5) is 0 Å². The highest BCUT2D eigenvalue weighted by atomic mass is 35.5. The summed E-state index contributed by atoms with van der Waals surface area (Å²) < 4.78 is 1.43. The van der Waals surface area contributed by atoms with Crippen LogP contribution in [0.5, 0.6) is 0 Å². The number of aldehydes is 1. The zero-order valence-electron chi connectivity index (χ0n) is 5.80. The van der Waals surface area contributed by atoms with Gasteiger partial charge < -0.3 is 4.79 Å². The lowest BCUT2D eigenvalue weighted by molar-refractivity contribution is -0.108. The number of hydrogen-bond donors (Lipinski definition) is 1. The predicted octanol–water partition coefficient (Wildman–Crippen LogP) is 0.955. The van der Waals surface area contributed by atoms with Crippen LogP contribution < -0.4 is 4.83 Å². The first-order chi connectivity index (χ1) is 4.59. The van der Waals surface area contributed by atoms with Crippen LogP contribution in [-0.4, -0.2) is 21.6 Å². The van der Waals surface area contributed by atoms with E-state index in [0.717, 1.165) is 6.29 Å². The molecule has 1 saturated heterocycles. The smallest absolute Gasteiger partial charge is 0.136 e. The summed E-state index contributed by atoms with van der Waals surface area (Å²) in [6.45, 7) is 3.82. The van der Waals surface area contributed by atoms with E-state index in [0.29, 0.717) is 0 Å². The van der Waals surface area contributed by atoms with Crippen molar-refractivity contribution in [1.29, 1.82) is 0 Å². The van der Waals surface area contributed by atoms with Crippen LogP contribution in [-0.2, 0) is 4.79 Å².